The molecule has 1 unspecified atom stereocenters. The molecule has 3 aromatic rings. The number of ether oxygens (including phenoxy) is 1. The number of nitrogens with zero attached hydrogens (tertiary/aromatic N) is 1. The lowest BCUT2D eigenvalue weighted by Crippen LogP contribution is -2.21. The number of nitrogens with two attached hydrogens (primary N) is 1. The van der Waals surface area contributed by atoms with Crippen LogP contribution in [0.5, 0.6) is 5.75 Å². The SMILES string of the molecule is N#CC1=C(N)Oc2c(ccc3ccccc23)C1c1ccc(Cl)c(F)c1. The molecular formula is C20H12ClFN2O. The summed E-state index contributed by atoms with van der Waals surface area (Å²) >= 11 is 5.80. The lowest BCUT2D eigenvalue weighted by atomic mass is 9.82. The molecule has 0 radical (unpaired) electrons. The molecule has 2 N–H and O–H groups in total. The first kappa shape index (κ1) is 15.5. The van der Waals surface area contributed by atoms with Crippen LogP contribution >= 0.6 is 11.6 Å². The maximum absolute atomic E-state index is 14.0. The zero-order chi connectivity index (χ0) is 17.6. The third kappa shape index (κ3) is 2.41. The van der Waals surface area contributed by atoms with Gasteiger partial charge in [0.1, 0.15) is 23.2 Å². The zero-order valence-electron chi connectivity index (χ0n) is 13.0. The monoisotopic (exact) mass is 350 g/mol. The molecule has 0 aromatic heterocycles. The van der Waals surface area contributed by atoms with E-state index in [2.05, 4.69) is 6.07 Å². The van der Waals surface area contributed by atoms with E-state index in [1.54, 1.807) is 6.07 Å². The van der Waals surface area contributed by atoms with Crippen LogP contribution in [0.25, 0.3) is 10.8 Å². The molecule has 3 nitrogen and oxygen atoms in total. The molecule has 122 valence electrons. The van der Waals surface area contributed by atoms with E-state index in [1.807, 2.05) is 36.4 Å². The van der Waals surface area contributed by atoms with Crippen LogP contribution in [-0.2, 0) is 0 Å². The van der Waals surface area contributed by atoms with Gasteiger partial charge in [-0.05, 0) is 23.1 Å². The maximum atomic E-state index is 14.0. The Kier molecular flexibility index (Phi) is 3.60. The molecule has 4 rings (SSSR count). The Hall–Kier alpha value is -3.03. The molecule has 0 amide bonds. The molecule has 0 bridgehead atoms. The number of hydrogen-bond donors (Lipinski definition) is 1. The van der Waals surface area contributed by atoms with Crippen LogP contribution in [0.15, 0.2) is 66.1 Å². The van der Waals surface area contributed by atoms with E-state index in [4.69, 9.17) is 22.1 Å². The van der Waals surface area contributed by atoms with Crippen molar-refractivity contribution in [1.29, 1.82) is 5.26 Å². The fourth-order valence-electron chi connectivity index (χ4n) is 3.22. The Labute approximate surface area is 148 Å². The van der Waals surface area contributed by atoms with E-state index >= 15 is 0 Å². The maximum Gasteiger partial charge on any atom is 0.205 e. The zero-order valence-corrected chi connectivity index (χ0v) is 13.7. The van der Waals surface area contributed by atoms with Gasteiger partial charge in [0.05, 0.1) is 10.9 Å². The topological polar surface area (TPSA) is 59.0 Å². The van der Waals surface area contributed by atoms with Crippen molar-refractivity contribution in [3.05, 3.63) is 88.0 Å². The van der Waals surface area contributed by atoms with Crippen molar-refractivity contribution in [2.45, 2.75) is 5.92 Å². The summed E-state index contributed by atoms with van der Waals surface area (Å²) in [6, 6.07) is 18.2. The Morgan fingerprint density at radius 2 is 1.92 bits per heavy atom. The van der Waals surface area contributed by atoms with Crippen molar-refractivity contribution in [1.82, 2.24) is 0 Å². The quantitative estimate of drug-likeness (QED) is 0.682. The summed E-state index contributed by atoms with van der Waals surface area (Å²) in [5.41, 5.74) is 7.63. The van der Waals surface area contributed by atoms with E-state index in [0.717, 1.165) is 16.3 Å². The molecule has 0 saturated heterocycles. The molecular weight excluding hydrogens is 339 g/mol. The third-order valence-corrected chi connectivity index (χ3v) is 4.69. The second-order valence-corrected chi connectivity index (χ2v) is 6.21. The molecule has 25 heavy (non-hydrogen) atoms. The van der Waals surface area contributed by atoms with Crippen LogP contribution in [0.1, 0.15) is 17.0 Å². The average molecular weight is 351 g/mol. The number of fused-ring (bicyclic) bond motifs is 3. The number of allylic oxidation sites excluding steroid dienone is 1. The van der Waals surface area contributed by atoms with E-state index < -0.39 is 11.7 Å². The molecule has 0 fully saturated rings. The van der Waals surface area contributed by atoms with Gasteiger partial charge in [-0.2, -0.15) is 5.26 Å². The highest BCUT2D eigenvalue weighted by molar-refractivity contribution is 6.30. The van der Waals surface area contributed by atoms with Crippen LogP contribution < -0.4 is 10.5 Å². The first-order valence-electron chi connectivity index (χ1n) is 7.64. The lowest BCUT2D eigenvalue weighted by molar-refractivity contribution is 0.398. The van der Waals surface area contributed by atoms with Gasteiger partial charge in [0.2, 0.25) is 5.88 Å². The van der Waals surface area contributed by atoms with Crippen molar-refractivity contribution in [3.63, 3.8) is 0 Å². The molecule has 1 aliphatic rings. The van der Waals surface area contributed by atoms with Gasteiger partial charge < -0.3 is 10.5 Å². The van der Waals surface area contributed by atoms with Crippen molar-refractivity contribution in [3.8, 4) is 11.8 Å². The molecule has 3 aromatic carbocycles. The summed E-state index contributed by atoms with van der Waals surface area (Å²) in [5.74, 6) is -0.421. The van der Waals surface area contributed by atoms with Gasteiger partial charge in [-0.15, -0.1) is 0 Å². The van der Waals surface area contributed by atoms with Gasteiger partial charge in [0.25, 0.3) is 0 Å². The fourth-order valence-corrected chi connectivity index (χ4v) is 3.34. The number of rotatable bonds is 1. The summed E-state index contributed by atoms with van der Waals surface area (Å²) < 4.78 is 19.8. The van der Waals surface area contributed by atoms with Gasteiger partial charge in [0, 0.05) is 10.9 Å². The first-order chi connectivity index (χ1) is 12.1. The van der Waals surface area contributed by atoms with Crippen molar-refractivity contribution in [2.75, 3.05) is 0 Å². The normalized spacial score (nSPS) is 16.3. The van der Waals surface area contributed by atoms with Gasteiger partial charge in [0.15, 0.2) is 0 Å². The van der Waals surface area contributed by atoms with Crippen molar-refractivity contribution < 1.29 is 9.13 Å². The predicted octanol–water partition coefficient (Wildman–Crippen LogP) is 4.85. The van der Waals surface area contributed by atoms with Gasteiger partial charge in [-0.3, -0.25) is 0 Å². The van der Waals surface area contributed by atoms with E-state index in [9.17, 15) is 9.65 Å². The minimum Gasteiger partial charge on any atom is -0.440 e. The van der Waals surface area contributed by atoms with Gasteiger partial charge in [-0.25, -0.2) is 4.39 Å². The molecule has 1 aliphatic heterocycles. The number of halogens is 2. The Morgan fingerprint density at radius 3 is 2.68 bits per heavy atom. The Morgan fingerprint density at radius 1 is 1.12 bits per heavy atom. The molecule has 0 saturated carbocycles. The second-order valence-electron chi connectivity index (χ2n) is 5.80. The van der Waals surface area contributed by atoms with Crippen molar-refractivity contribution >= 4 is 22.4 Å². The predicted molar refractivity (Wildman–Crippen MR) is 94.7 cm³/mol. The minimum atomic E-state index is -0.538. The summed E-state index contributed by atoms with van der Waals surface area (Å²) in [6.45, 7) is 0. The highest BCUT2D eigenvalue weighted by Gasteiger charge is 2.32. The highest BCUT2D eigenvalue weighted by atomic mass is 35.5. The van der Waals surface area contributed by atoms with Crippen LogP contribution in [0.4, 0.5) is 4.39 Å². The summed E-state index contributed by atoms with van der Waals surface area (Å²) in [7, 11) is 0. The van der Waals surface area contributed by atoms with Crippen LogP contribution in [0.2, 0.25) is 5.02 Å². The van der Waals surface area contributed by atoms with E-state index in [-0.39, 0.29) is 16.5 Å². The standard InChI is InChI=1S/C20H12ClFN2O/c21-16-8-6-12(9-17(16)22)18-14-7-5-11-3-1-2-4-13(11)19(14)25-20(24)15(18)10-23/h1-9,18H,24H2. The summed E-state index contributed by atoms with van der Waals surface area (Å²) in [6.07, 6.45) is 0. The second kappa shape index (κ2) is 5.80. The van der Waals surface area contributed by atoms with Crippen LogP contribution in [0.3, 0.4) is 0 Å². The summed E-state index contributed by atoms with van der Waals surface area (Å²) in [5, 5.41) is 11.5. The average Bonchev–Trinajstić information content (AvgIpc) is 2.63. The molecule has 1 atom stereocenters. The fraction of sp³-hybridized carbons (Fsp3) is 0.0500. The molecule has 5 heteroatoms. The lowest BCUT2D eigenvalue weighted by Gasteiger charge is -2.27. The molecule has 1 heterocycles. The largest absolute Gasteiger partial charge is 0.440 e. The third-order valence-electron chi connectivity index (χ3n) is 4.38. The smallest absolute Gasteiger partial charge is 0.205 e. The van der Waals surface area contributed by atoms with Gasteiger partial charge >= 0.3 is 0 Å². The Bertz CT molecular complexity index is 1080. The minimum absolute atomic E-state index is 0.0324. The van der Waals surface area contributed by atoms with Crippen molar-refractivity contribution in [2.24, 2.45) is 5.73 Å². The van der Waals surface area contributed by atoms with Crippen LogP contribution in [-0.4, -0.2) is 0 Å². The van der Waals surface area contributed by atoms with Crippen LogP contribution in [0, 0.1) is 17.1 Å². The van der Waals surface area contributed by atoms with E-state index in [0.29, 0.717) is 11.3 Å². The number of benzene rings is 3. The molecule has 0 aliphatic carbocycles. The molecule has 0 spiro atoms. The number of hydrogen-bond acceptors (Lipinski definition) is 3. The summed E-state index contributed by atoms with van der Waals surface area (Å²) in [4.78, 5) is 0. The van der Waals surface area contributed by atoms with Gasteiger partial charge in [-0.1, -0.05) is 54.1 Å². The highest BCUT2D eigenvalue weighted by Crippen LogP contribution is 2.45. The first-order valence-corrected chi connectivity index (χ1v) is 8.02. The van der Waals surface area contributed by atoms with E-state index in [1.165, 1.54) is 12.1 Å². The number of nitriles is 1. The Balaban J connectivity index is 2.01.